The molecule has 20 heavy (non-hydrogen) atoms. The summed E-state index contributed by atoms with van der Waals surface area (Å²) in [7, 11) is 0. The lowest BCUT2D eigenvalue weighted by Crippen LogP contribution is -2.27. The van der Waals surface area contributed by atoms with Crippen LogP contribution in [0.3, 0.4) is 0 Å². The van der Waals surface area contributed by atoms with Gasteiger partial charge in [0.15, 0.2) is 0 Å². The van der Waals surface area contributed by atoms with Gasteiger partial charge in [-0.3, -0.25) is 4.90 Å². The standard InChI is InChI=1S/C16H29N3S/c1-12(2)7-8-19(15-5-6-15)10-14-11-20-16(18-14)9-17-13(3)4/h11-13,15,17H,5-10H2,1-4H3. The van der Waals surface area contributed by atoms with Gasteiger partial charge in [-0.1, -0.05) is 27.7 Å². The molecule has 0 radical (unpaired) electrons. The van der Waals surface area contributed by atoms with Crippen LogP contribution in [0.25, 0.3) is 0 Å². The third kappa shape index (κ3) is 5.51. The third-order valence-electron chi connectivity index (χ3n) is 3.68. The quantitative estimate of drug-likeness (QED) is 0.753. The molecule has 0 aromatic carbocycles. The highest BCUT2D eigenvalue weighted by atomic mass is 32.1. The van der Waals surface area contributed by atoms with E-state index in [1.165, 1.54) is 36.5 Å². The van der Waals surface area contributed by atoms with Crippen LogP contribution in [0.2, 0.25) is 0 Å². The van der Waals surface area contributed by atoms with Gasteiger partial charge in [0.1, 0.15) is 5.01 Å². The summed E-state index contributed by atoms with van der Waals surface area (Å²) in [6.45, 7) is 12.1. The first-order valence-corrected chi connectivity index (χ1v) is 8.83. The van der Waals surface area contributed by atoms with Gasteiger partial charge in [-0.15, -0.1) is 11.3 Å². The van der Waals surface area contributed by atoms with Gasteiger partial charge in [0.25, 0.3) is 0 Å². The van der Waals surface area contributed by atoms with Gasteiger partial charge >= 0.3 is 0 Å². The summed E-state index contributed by atoms with van der Waals surface area (Å²) < 4.78 is 0. The van der Waals surface area contributed by atoms with E-state index >= 15 is 0 Å². The monoisotopic (exact) mass is 295 g/mol. The van der Waals surface area contributed by atoms with E-state index in [1.54, 1.807) is 11.3 Å². The molecule has 4 heteroatoms. The SMILES string of the molecule is CC(C)CCN(Cc1csc(CNC(C)C)n1)C1CC1. The van der Waals surface area contributed by atoms with Gasteiger partial charge in [0.2, 0.25) is 0 Å². The molecule has 0 spiro atoms. The minimum absolute atomic E-state index is 0.524. The summed E-state index contributed by atoms with van der Waals surface area (Å²) in [4.78, 5) is 7.41. The van der Waals surface area contributed by atoms with Crippen LogP contribution in [0.4, 0.5) is 0 Å². The molecule has 1 fully saturated rings. The Hall–Kier alpha value is -0.450. The summed E-state index contributed by atoms with van der Waals surface area (Å²) >= 11 is 1.79. The van der Waals surface area contributed by atoms with Crippen molar-refractivity contribution in [2.24, 2.45) is 5.92 Å². The second-order valence-corrected chi connectivity index (χ2v) is 7.60. The van der Waals surface area contributed by atoms with E-state index < -0.39 is 0 Å². The smallest absolute Gasteiger partial charge is 0.107 e. The predicted octanol–water partition coefficient (Wildman–Crippen LogP) is 3.65. The fourth-order valence-electron chi connectivity index (χ4n) is 2.26. The number of aromatic nitrogens is 1. The fraction of sp³-hybridized carbons (Fsp3) is 0.812. The number of nitrogens with zero attached hydrogens (tertiary/aromatic N) is 2. The molecule has 1 saturated carbocycles. The van der Waals surface area contributed by atoms with Gasteiger partial charge in [0, 0.05) is 30.6 Å². The molecule has 1 aliphatic carbocycles. The Morgan fingerprint density at radius 3 is 2.70 bits per heavy atom. The largest absolute Gasteiger partial charge is 0.308 e. The van der Waals surface area contributed by atoms with Crippen molar-refractivity contribution in [3.8, 4) is 0 Å². The Morgan fingerprint density at radius 1 is 1.35 bits per heavy atom. The molecule has 0 saturated heterocycles. The van der Waals surface area contributed by atoms with E-state index in [4.69, 9.17) is 4.98 Å². The average Bonchev–Trinajstić information content (AvgIpc) is 3.12. The lowest BCUT2D eigenvalue weighted by molar-refractivity contribution is 0.237. The highest BCUT2D eigenvalue weighted by molar-refractivity contribution is 7.09. The molecular formula is C16H29N3S. The van der Waals surface area contributed by atoms with E-state index in [-0.39, 0.29) is 0 Å². The highest BCUT2D eigenvalue weighted by Crippen LogP contribution is 2.29. The predicted molar refractivity (Wildman–Crippen MR) is 87.0 cm³/mol. The molecule has 2 rings (SSSR count). The van der Waals surface area contributed by atoms with E-state index in [0.29, 0.717) is 6.04 Å². The van der Waals surface area contributed by atoms with Crippen LogP contribution in [0.15, 0.2) is 5.38 Å². The van der Waals surface area contributed by atoms with Crippen molar-refractivity contribution in [3.05, 3.63) is 16.1 Å². The number of thiazole rings is 1. The molecule has 1 aromatic heterocycles. The third-order valence-corrected chi connectivity index (χ3v) is 4.58. The first kappa shape index (κ1) is 15.9. The Bertz CT molecular complexity index is 396. The van der Waals surface area contributed by atoms with Crippen molar-refractivity contribution in [1.82, 2.24) is 15.2 Å². The normalized spacial score (nSPS) is 15.8. The van der Waals surface area contributed by atoms with E-state index in [2.05, 4.69) is 43.3 Å². The average molecular weight is 295 g/mol. The topological polar surface area (TPSA) is 28.2 Å². The van der Waals surface area contributed by atoms with Gasteiger partial charge in [0.05, 0.1) is 5.69 Å². The Kier molecular flexibility index (Phi) is 6.00. The molecule has 0 bridgehead atoms. The van der Waals surface area contributed by atoms with Crippen LogP contribution >= 0.6 is 11.3 Å². The molecule has 3 nitrogen and oxygen atoms in total. The second kappa shape index (κ2) is 7.53. The van der Waals surface area contributed by atoms with Crippen molar-refractivity contribution < 1.29 is 0 Å². The van der Waals surface area contributed by atoms with Crippen molar-refractivity contribution >= 4 is 11.3 Å². The van der Waals surface area contributed by atoms with Crippen molar-refractivity contribution in [3.63, 3.8) is 0 Å². The van der Waals surface area contributed by atoms with E-state index in [9.17, 15) is 0 Å². The number of hydrogen-bond acceptors (Lipinski definition) is 4. The van der Waals surface area contributed by atoms with E-state index in [0.717, 1.165) is 25.0 Å². The molecule has 114 valence electrons. The minimum atomic E-state index is 0.524. The van der Waals surface area contributed by atoms with Gasteiger partial charge in [-0.25, -0.2) is 4.98 Å². The van der Waals surface area contributed by atoms with Crippen LogP contribution in [0, 0.1) is 5.92 Å². The second-order valence-electron chi connectivity index (χ2n) is 6.65. The fourth-order valence-corrected chi connectivity index (χ4v) is 2.99. The number of hydrogen-bond donors (Lipinski definition) is 1. The van der Waals surface area contributed by atoms with Gasteiger partial charge in [-0.2, -0.15) is 0 Å². The van der Waals surface area contributed by atoms with Crippen LogP contribution in [-0.2, 0) is 13.1 Å². The molecule has 0 atom stereocenters. The zero-order valence-corrected chi connectivity index (χ0v) is 14.2. The van der Waals surface area contributed by atoms with E-state index in [1.807, 2.05) is 0 Å². The maximum Gasteiger partial charge on any atom is 0.107 e. The summed E-state index contributed by atoms with van der Waals surface area (Å²) in [5.74, 6) is 0.789. The lowest BCUT2D eigenvalue weighted by Gasteiger charge is -2.21. The number of rotatable bonds is 9. The Balaban J connectivity index is 1.83. The summed E-state index contributed by atoms with van der Waals surface area (Å²) in [5, 5.41) is 6.89. The zero-order valence-electron chi connectivity index (χ0n) is 13.4. The van der Waals surface area contributed by atoms with Crippen LogP contribution in [0.1, 0.15) is 57.7 Å². The highest BCUT2D eigenvalue weighted by Gasteiger charge is 2.29. The zero-order chi connectivity index (χ0) is 14.5. The first-order chi connectivity index (χ1) is 9.54. The summed E-state index contributed by atoms with van der Waals surface area (Å²) in [6.07, 6.45) is 4.05. The maximum atomic E-state index is 4.77. The summed E-state index contributed by atoms with van der Waals surface area (Å²) in [6, 6.07) is 1.35. The molecular weight excluding hydrogens is 266 g/mol. The summed E-state index contributed by atoms with van der Waals surface area (Å²) in [5.41, 5.74) is 1.26. The molecule has 1 N–H and O–H groups in total. The molecule has 1 aromatic rings. The van der Waals surface area contributed by atoms with Crippen molar-refractivity contribution in [1.29, 1.82) is 0 Å². The Morgan fingerprint density at radius 2 is 2.10 bits per heavy atom. The van der Waals surface area contributed by atoms with Crippen molar-refractivity contribution in [2.45, 2.75) is 72.1 Å². The van der Waals surface area contributed by atoms with Crippen LogP contribution in [0.5, 0.6) is 0 Å². The van der Waals surface area contributed by atoms with Gasteiger partial charge in [-0.05, 0) is 31.7 Å². The minimum Gasteiger partial charge on any atom is -0.308 e. The lowest BCUT2D eigenvalue weighted by atomic mass is 10.1. The Labute approximate surface area is 127 Å². The van der Waals surface area contributed by atoms with Gasteiger partial charge < -0.3 is 5.32 Å². The molecule has 0 aliphatic heterocycles. The van der Waals surface area contributed by atoms with Crippen molar-refractivity contribution in [2.75, 3.05) is 6.54 Å². The molecule has 1 aliphatic rings. The van der Waals surface area contributed by atoms with Crippen LogP contribution < -0.4 is 5.32 Å². The molecule has 1 heterocycles. The molecule has 0 unspecified atom stereocenters. The molecule has 0 amide bonds. The number of nitrogens with one attached hydrogen (secondary N) is 1. The van der Waals surface area contributed by atoms with Crippen LogP contribution in [-0.4, -0.2) is 28.5 Å². The maximum absolute atomic E-state index is 4.77. The first-order valence-electron chi connectivity index (χ1n) is 7.95.